The van der Waals surface area contributed by atoms with Gasteiger partial charge in [-0.3, -0.25) is 0 Å². The Balaban J connectivity index is 2.39. The van der Waals surface area contributed by atoms with Crippen molar-refractivity contribution in [2.45, 2.75) is 72.6 Å². The van der Waals surface area contributed by atoms with Crippen molar-refractivity contribution in [3.05, 3.63) is 59.8 Å². The first-order valence-electron chi connectivity index (χ1n) is 13.4. The van der Waals surface area contributed by atoms with E-state index in [1.807, 2.05) is 0 Å². The van der Waals surface area contributed by atoms with Crippen molar-refractivity contribution in [3.8, 4) is 17.2 Å². The summed E-state index contributed by atoms with van der Waals surface area (Å²) in [4.78, 5) is 2.59. The van der Waals surface area contributed by atoms with E-state index < -0.39 is 0 Å². The van der Waals surface area contributed by atoms with Crippen LogP contribution >= 0.6 is 0 Å². The maximum absolute atomic E-state index is 6.00. The summed E-state index contributed by atoms with van der Waals surface area (Å²) in [6.45, 7) is 11.1. The molecular weight excluding hydrogens is 432 g/mol. The number of aromatic nitrogens is 1. The molecule has 4 nitrogen and oxygen atoms in total. The minimum absolute atomic E-state index is 0.829. The number of ether oxygens (including phenoxy) is 2. The van der Waals surface area contributed by atoms with Crippen molar-refractivity contribution in [1.82, 2.24) is 9.47 Å². The van der Waals surface area contributed by atoms with Gasteiger partial charge in [-0.25, -0.2) is 0 Å². The molecule has 35 heavy (non-hydrogen) atoms. The van der Waals surface area contributed by atoms with Gasteiger partial charge in [0, 0.05) is 29.7 Å². The van der Waals surface area contributed by atoms with Gasteiger partial charge in [-0.05, 0) is 49.9 Å². The number of methoxy groups -OCH3 is 2. The quantitative estimate of drug-likeness (QED) is 0.234. The molecule has 0 aliphatic carbocycles. The van der Waals surface area contributed by atoms with Gasteiger partial charge in [-0.15, -0.1) is 0 Å². The summed E-state index contributed by atoms with van der Waals surface area (Å²) < 4.78 is 14.3. The predicted molar refractivity (Wildman–Crippen MR) is 150 cm³/mol. The minimum atomic E-state index is 0.829. The van der Waals surface area contributed by atoms with Crippen LogP contribution in [0.15, 0.2) is 48.5 Å². The lowest BCUT2D eigenvalue weighted by Gasteiger charge is -2.28. The van der Waals surface area contributed by atoms with Crippen LogP contribution in [0.3, 0.4) is 0 Å². The molecule has 1 heterocycles. The Hall–Kier alpha value is -2.88. The van der Waals surface area contributed by atoms with Crippen LogP contribution in [0.1, 0.15) is 77.5 Å². The van der Waals surface area contributed by atoms with Crippen LogP contribution in [0, 0.1) is 0 Å². The van der Waals surface area contributed by atoms with Gasteiger partial charge in [0.1, 0.15) is 0 Å². The number of unbranched alkanes of at least 4 members (excludes halogenated alkanes) is 2. The predicted octanol–water partition coefficient (Wildman–Crippen LogP) is 8.25. The van der Waals surface area contributed by atoms with Crippen LogP contribution in [0.5, 0.6) is 11.5 Å². The number of allylic oxidation sites excluding steroid dienone is 1. The zero-order valence-electron chi connectivity index (χ0n) is 22.7. The number of hydrogen-bond donors (Lipinski definition) is 0. The van der Waals surface area contributed by atoms with Gasteiger partial charge in [-0.2, -0.15) is 0 Å². The van der Waals surface area contributed by atoms with E-state index >= 15 is 0 Å². The Morgan fingerprint density at radius 1 is 0.857 bits per heavy atom. The van der Waals surface area contributed by atoms with Crippen molar-refractivity contribution >= 4 is 16.6 Å². The summed E-state index contributed by atoms with van der Waals surface area (Å²) in [5, 5.41) is 1.09. The second-order valence-corrected chi connectivity index (χ2v) is 9.20. The molecule has 3 rings (SSSR count). The highest BCUT2D eigenvalue weighted by molar-refractivity contribution is 5.95. The molecule has 0 aliphatic rings. The normalized spacial score (nSPS) is 11.8. The zero-order valence-corrected chi connectivity index (χ0v) is 22.7. The minimum Gasteiger partial charge on any atom is -0.493 e. The fourth-order valence-electron chi connectivity index (χ4n) is 4.92. The number of fused-ring (bicyclic) bond motifs is 1. The summed E-state index contributed by atoms with van der Waals surface area (Å²) in [5.41, 5.74) is 6.07. The van der Waals surface area contributed by atoms with Gasteiger partial charge in [0.05, 0.1) is 31.1 Å². The lowest BCUT2D eigenvalue weighted by molar-refractivity contribution is 0.355. The van der Waals surface area contributed by atoms with Crippen molar-refractivity contribution in [2.24, 2.45) is 0 Å². The van der Waals surface area contributed by atoms with E-state index in [1.54, 1.807) is 14.2 Å². The molecule has 0 radical (unpaired) electrons. The van der Waals surface area contributed by atoms with Gasteiger partial charge in [0.2, 0.25) is 0 Å². The molecule has 0 aliphatic heterocycles. The average molecular weight is 477 g/mol. The molecule has 190 valence electrons. The molecule has 1 aromatic heterocycles. The third-order valence-corrected chi connectivity index (χ3v) is 6.54. The van der Waals surface area contributed by atoms with Crippen LogP contribution in [0.4, 0.5) is 0 Å². The number of benzene rings is 2. The second kappa shape index (κ2) is 13.3. The van der Waals surface area contributed by atoms with Crippen molar-refractivity contribution in [1.29, 1.82) is 0 Å². The molecule has 0 saturated carbocycles. The maximum atomic E-state index is 6.00. The van der Waals surface area contributed by atoms with E-state index in [0.717, 1.165) is 62.1 Å². The van der Waals surface area contributed by atoms with Gasteiger partial charge in [-0.1, -0.05) is 71.2 Å². The smallest absolute Gasteiger partial charge is 0.170 e. The Morgan fingerprint density at radius 2 is 1.60 bits per heavy atom. The molecule has 3 aromatic rings. The standard InChI is InChI=1S/C31H44N2O2/c1-7-11-19-27(32(20-10-4)21-12-8-2)29-23-26-28(33(29)25-17-14-13-15-18-25)22-24(16-9-3)30(34-5)31(26)35-6/h13-15,17-19,22-23H,7-12,16,20-21H2,1-6H3/b27-19-. The summed E-state index contributed by atoms with van der Waals surface area (Å²) in [5.74, 6) is 1.68. The highest BCUT2D eigenvalue weighted by Crippen LogP contribution is 2.43. The number of para-hydroxylation sites is 1. The van der Waals surface area contributed by atoms with Crippen LogP contribution in [0.25, 0.3) is 22.3 Å². The fraction of sp³-hybridized carbons (Fsp3) is 0.484. The van der Waals surface area contributed by atoms with Crippen LogP contribution in [-0.2, 0) is 6.42 Å². The second-order valence-electron chi connectivity index (χ2n) is 9.20. The van der Waals surface area contributed by atoms with E-state index in [9.17, 15) is 0 Å². The Morgan fingerprint density at radius 3 is 2.20 bits per heavy atom. The lowest BCUT2D eigenvalue weighted by Crippen LogP contribution is -2.25. The monoisotopic (exact) mass is 476 g/mol. The van der Waals surface area contributed by atoms with Crippen molar-refractivity contribution < 1.29 is 9.47 Å². The lowest BCUT2D eigenvalue weighted by atomic mass is 10.1. The summed E-state index contributed by atoms with van der Waals surface area (Å²) in [6, 6.07) is 15.4. The van der Waals surface area contributed by atoms with E-state index in [1.165, 1.54) is 41.0 Å². The fourth-order valence-corrected chi connectivity index (χ4v) is 4.92. The number of rotatable bonds is 14. The molecule has 0 bridgehead atoms. The number of hydrogen-bond acceptors (Lipinski definition) is 3. The maximum Gasteiger partial charge on any atom is 0.170 e. The number of nitrogens with zero attached hydrogens (tertiary/aromatic N) is 2. The van der Waals surface area contributed by atoms with Crippen LogP contribution in [0.2, 0.25) is 0 Å². The molecular formula is C31H44N2O2. The van der Waals surface area contributed by atoms with Crippen molar-refractivity contribution in [2.75, 3.05) is 27.3 Å². The molecule has 0 N–H and O–H groups in total. The van der Waals surface area contributed by atoms with E-state index in [4.69, 9.17) is 9.47 Å². The van der Waals surface area contributed by atoms with Crippen LogP contribution in [-0.4, -0.2) is 36.8 Å². The highest BCUT2D eigenvalue weighted by atomic mass is 16.5. The average Bonchev–Trinajstić information content (AvgIpc) is 3.25. The molecule has 0 spiro atoms. The highest BCUT2D eigenvalue weighted by Gasteiger charge is 2.24. The molecule has 0 saturated heterocycles. The Kier molecular flexibility index (Phi) is 10.1. The summed E-state index contributed by atoms with van der Waals surface area (Å²) in [7, 11) is 3.50. The summed E-state index contributed by atoms with van der Waals surface area (Å²) in [6.07, 6.45) is 10.1. The molecule has 0 unspecified atom stereocenters. The third-order valence-electron chi connectivity index (χ3n) is 6.54. The SMILES string of the molecule is CCC/C=C(/c1cc2c(OC)c(OC)c(CCC)cc2n1-c1ccccc1)N(CCC)CCCC. The molecule has 2 aromatic carbocycles. The molecule has 0 amide bonds. The third kappa shape index (κ3) is 5.86. The topological polar surface area (TPSA) is 26.6 Å². The zero-order chi connectivity index (χ0) is 25.2. The summed E-state index contributed by atoms with van der Waals surface area (Å²) >= 11 is 0. The van der Waals surface area contributed by atoms with Crippen molar-refractivity contribution in [3.63, 3.8) is 0 Å². The van der Waals surface area contributed by atoms with Crippen LogP contribution < -0.4 is 9.47 Å². The largest absolute Gasteiger partial charge is 0.493 e. The molecule has 0 fully saturated rings. The Bertz CT molecular complexity index is 1100. The first-order chi connectivity index (χ1) is 17.1. The van der Waals surface area contributed by atoms with E-state index in [-0.39, 0.29) is 0 Å². The number of aryl methyl sites for hydroxylation is 1. The van der Waals surface area contributed by atoms with Gasteiger partial charge < -0.3 is 18.9 Å². The molecule has 0 atom stereocenters. The first kappa shape index (κ1) is 26.7. The van der Waals surface area contributed by atoms with E-state index in [0.29, 0.717) is 0 Å². The van der Waals surface area contributed by atoms with E-state index in [2.05, 4.69) is 85.7 Å². The molecule has 4 heteroatoms. The Labute approximate surface area is 212 Å². The van der Waals surface area contributed by atoms with Gasteiger partial charge in [0.25, 0.3) is 0 Å². The first-order valence-corrected chi connectivity index (χ1v) is 13.4. The van der Waals surface area contributed by atoms with Gasteiger partial charge >= 0.3 is 0 Å². The van der Waals surface area contributed by atoms with Gasteiger partial charge in [0.15, 0.2) is 11.5 Å².